The summed E-state index contributed by atoms with van der Waals surface area (Å²) >= 11 is 0. The first kappa shape index (κ1) is 24.8. The molecule has 0 aliphatic rings. The molecule has 1 aromatic rings. The topological polar surface area (TPSA) is 58.1 Å². The van der Waals surface area contributed by atoms with Crippen molar-refractivity contribution in [2.75, 3.05) is 41.4 Å². The Balaban J connectivity index is 0.00000625. The SMILES string of the molecule is CN=C(NCCNC(C)(C)C)N(C)Cc1cc(OC)c(OC)cc1C.I. The van der Waals surface area contributed by atoms with Crippen LogP contribution < -0.4 is 20.1 Å². The number of hydrogen-bond acceptors (Lipinski definition) is 4. The minimum atomic E-state index is 0. The maximum Gasteiger partial charge on any atom is 0.193 e. The first-order valence-electron chi connectivity index (χ1n) is 8.60. The zero-order chi connectivity index (χ0) is 19.0. The molecule has 0 fully saturated rings. The molecule has 0 spiro atoms. The number of ether oxygens (including phenoxy) is 2. The molecule has 6 nitrogen and oxygen atoms in total. The Hall–Kier alpha value is -1.22. The van der Waals surface area contributed by atoms with Crippen LogP contribution in [-0.4, -0.2) is 57.8 Å². The van der Waals surface area contributed by atoms with Crippen LogP contribution in [0.15, 0.2) is 17.1 Å². The maximum absolute atomic E-state index is 5.41. The predicted molar refractivity (Wildman–Crippen MR) is 120 cm³/mol. The number of rotatable bonds is 7. The van der Waals surface area contributed by atoms with Crippen LogP contribution in [0.5, 0.6) is 11.5 Å². The molecule has 0 bridgehead atoms. The summed E-state index contributed by atoms with van der Waals surface area (Å²) in [5.74, 6) is 2.36. The van der Waals surface area contributed by atoms with E-state index in [1.807, 2.05) is 19.2 Å². The highest BCUT2D eigenvalue weighted by atomic mass is 127. The molecule has 150 valence electrons. The minimum Gasteiger partial charge on any atom is -0.493 e. The zero-order valence-corrected chi connectivity index (χ0v) is 19.7. The molecule has 0 amide bonds. The summed E-state index contributed by atoms with van der Waals surface area (Å²) in [6.45, 7) is 11.0. The van der Waals surface area contributed by atoms with Crippen molar-refractivity contribution in [2.45, 2.75) is 39.8 Å². The largest absolute Gasteiger partial charge is 0.493 e. The standard InChI is InChI=1S/C19H34N4O2.HI/c1-14-11-16(24-7)17(25-8)12-15(14)13-23(6)18(20-5)21-9-10-22-19(2,3)4;/h11-12,22H,9-10,13H2,1-8H3,(H,20,21);1H. The molecule has 0 unspecified atom stereocenters. The van der Waals surface area contributed by atoms with Gasteiger partial charge in [-0.2, -0.15) is 0 Å². The summed E-state index contributed by atoms with van der Waals surface area (Å²) in [5, 5.41) is 6.85. The van der Waals surface area contributed by atoms with E-state index in [4.69, 9.17) is 9.47 Å². The second kappa shape index (κ2) is 11.5. The summed E-state index contributed by atoms with van der Waals surface area (Å²) in [6, 6.07) is 4.03. The van der Waals surface area contributed by atoms with Gasteiger partial charge >= 0.3 is 0 Å². The number of hydrogen-bond donors (Lipinski definition) is 2. The molecule has 1 rings (SSSR count). The highest BCUT2D eigenvalue weighted by molar-refractivity contribution is 14.0. The van der Waals surface area contributed by atoms with Crippen molar-refractivity contribution >= 4 is 29.9 Å². The fourth-order valence-corrected chi connectivity index (χ4v) is 2.52. The molecular weight excluding hydrogens is 443 g/mol. The lowest BCUT2D eigenvalue weighted by atomic mass is 10.1. The Labute approximate surface area is 175 Å². The van der Waals surface area contributed by atoms with E-state index in [-0.39, 0.29) is 29.5 Å². The predicted octanol–water partition coefficient (Wildman–Crippen LogP) is 3.03. The Morgan fingerprint density at radius 1 is 1.12 bits per heavy atom. The van der Waals surface area contributed by atoms with E-state index in [9.17, 15) is 0 Å². The second-order valence-corrected chi connectivity index (χ2v) is 7.14. The number of benzene rings is 1. The number of guanidine groups is 1. The Kier molecular flexibility index (Phi) is 10.9. The Bertz CT molecular complexity index is 586. The Morgan fingerprint density at radius 3 is 2.19 bits per heavy atom. The molecule has 0 saturated heterocycles. The monoisotopic (exact) mass is 478 g/mol. The number of nitrogens with one attached hydrogen (secondary N) is 2. The van der Waals surface area contributed by atoms with Crippen LogP contribution in [0.2, 0.25) is 0 Å². The van der Waals surface area contributed by atoms with Crippen LogP contribution >= 0.6 is 24.0 Å². The minimum absolute atomic E-state index is 0. The van der Waals surface area contributed by atoms with Crippen molar-refractivity contribution < 1.29 is 9.47 Å². The molecule has 0 aliphatic heterocycles. The van der Waals surface area contributed by atoms with E-state index in [0.717, 1.165) is 42.7 Å². The normalized spacial score (nSPS) is 11.6. The smallest absolute Gasteiger partial charge is 0.193 e. The number of nitrogens with zero attached hydrogens (tertiary/aromatic N) is 2. The van der Waals surface area contributed by atoms with E-state index in [1.165, 1.54) is 5.56 Å². The molecule has 0 aromatic heterocycles. The molecular formula is C19H35IN4O2. The van der Waals surface area contributed by atoms with Crippen LogP contribution in [0.25, 0.3) is 0 Å². The maximum atomic E-state index is 5.41. The van der Waals surface area contributed by atoms with Crippen molar-refractivity contribution in [3.05, 3.63) is 23.3 Å². The summed E-state index contributed by atoms with van der Waals surface area (Å²) in [5.41, 5.74) is 2.46. The first-order chi connectivity index (χ1) is 11.7. The van der Waals surface area contributed by atoms with Gasteiger partial charge in [0.2, 0.25) is 0 Å². The van der Waals surface area contributed by atoms with Crippen molar-refractivity contribution in [1.29, 1.82) is 0 Å². The molecule has 0 radical (unpaired) electrons. The van der Waals surface area contributed by atoms with Crippen molar-refractivity contribution in [3.8, 4) is 11.5 Å². The molecule has 1 aromatic carbocycles. The lowest BCUT2D eigenvalue weighted by molar-refractivity contribution is 0.353. The van der Waals surface area contributed by atoms with E-state index < -0.39 is 0 Å². The third kappa shape index (κ3) is 7.99. The fraction of sp³-hybridized carbons (Fsp3) is 0.632. The fourth-order valence-electron chi connectivity index (χ4n) is 2.52. The lowest BCUT2D eigenvalue weighted by Crippen LogP contribution is -2.44. The van der Waals surface area contributed by atoms with Gasteiger partial charge in [-0.25, -0.2) is 0 Å². The summed E-state index contributed by atoms with van der Waals surface area (Å²) < 4.78 is 10.8. The van der Waals surface area contributed by atoms with Crippen LogP contribution in [0.1, 0.15) is 31.9 Å². The molecule has 0 aliphatic carbocycles. The van der Waals surface area contributed by atoms with Gasteiger partial charge in [0.1, 0.15) is 0 Å². The quantitative estimate of drug-likeness (QED) is 0.273. The van der Waals surface area contributed by atoms with Gasteiger partial charge in [0.15, 0.2) is 17.5 Å². The zero-order valence-electron chi connectivity index (χ0n) is 17.4. The second-order valence-electron chi connectivity index (χ2n) is 7.14. The summed E-state index contributed by atoms with van der Waals surface area (Å²) in [6.07, 6.45) is 0. The van der Waals surface area contributed by atoms with Crippen molar-refractivity contribution in [1.82, 2.24) is 15.5 Å². The molecule has 0 atom stereocenters. The molecule has 0 saturated carbocycles. The van der Waals surface area contributed by atoms with E-state index in [1.54, 1.807) is 21.3 Å². The van der Waals surface area contributed by atoms with Gasteiger partial charge in [0.05, 0.1) is 14.2 Å². The van der Waals surface area contributed by atoms with Crippen molar-refractivity contribution in [2.24, 2.45) is 4.99 Å². The average Bonchev–Trinajstić information content (AvgIpc) is 2.55. The third-order valence-corrected chi connectivity index (χ3v) is 3.89. The number of aliphatic imine (C=N–C) groups is 1. The van der Waals surface area contributed by atoms with Gasteiger partial charge in [-0.3, -0.25) is 4.99 Å². The first-order valence-corrected chi connectivity index (χ1v) is 8.60. The van der Waals surface area contributed by atoms with E-state index >= 15 is 0 Å². The van der Waals surface area contributed by atoms with Gasteiger partial charge < -0.3 is 25.0 Å². The number of methoxy groups -OCH3 is 2. The lowest BCUT2D eigenvalue weighted by Gasteiger charge is -2.25. The van der Waals surface area contributed by atoms with Crippen LogP contribution in [0.4, 0.5) is 0 Å². The van der Waals surface area contributed by atoms with Gasteiger partial charge in [-0.1, -0.05) is 0 Å². The van der Waals surface area contributed by atoms with Crippen LogP contribution in [0.3, 0.4) is 0 Å². The Morgan fingerprint density at radius 2 is 1.69 bits per heavy atom. The summed E-state index contributed by atoms with van der Waals surface area (Å²) in [4.78, 5) is 6.47. The number of halogens is 1. The average molecular weight is 478 g/mol. The third-order valence-electron chi connectivity index (χ3n) is 3.89. The van der Waals surface area contributed by atoms with Crippen molar-refractivity contribution in [3.63, 3.8) is 0 Å². The van der Waals surface area contributed by atoms with E-state index in [2.05, 4.69) is 48.2 Å². The van der Waals surface area contributed by atoms with Gasteiger partial charge in [-0.15, -0.1) is 24.0 Å². The summed E-state index contributed by atoms with van der Waals surface area (Å²) in [7, 11) is 7.14. The molecule has 2 N–H and O–H groups in total. The highest BCUT2D eigenvalue weighted by Crippen LogP contribution is 2.30. The molecule has 26 heavy (non-hydrogen) atoms. The van der Waals surface area contributed by atoms with E-state index in [0.29, 0.717) is 0 Å². The van der Waals surface area contributed by atoms with Gasteiger partial charge in [0.25, 0.3) is 0 Å². The van der Waals surface area contributed by atoms with Gasteiger partial charge in [0, 0.05) is 39.3 Å². The van der Waals surface area contributed by atoms with Crippen LogP contribution in [0, 0.1) is 6.92 Å². The van der Waals surface area contributed by atoms with Crippen LogP contribution in [-0.2, 0) is 6.54 Å². The van der Waals surface area contributed by atoms with Gasteiger partial charge in [-0.05, 0) is 51.0 Å². The number of aryl methyl sites for hydroxylation is 1. The highest BCUT2D eigenvalue weighted by Gasteiger charge is 2.13. The molecule has 0 heterocycles. The molecule has 7 heteroatoms.